The Morgan fingerprint density at radius 2 is 1.43 bits per heavy atom. The molecule has 0 saturated carbocycles. The van der Waals surface area contributed by atoms with E-state index in [1.807, 2.05) is 6.92 Å². The number of anilines is 1. The first-order chi connectivity index (χ1) is 48.3. The summed E-state index contributed by atoms with van der Waals surface area (Å²) in [5.74, 6) is -1.07. The number of alkyl carbamates (subject to hydrolysis) is 1. The van der Waals surface area contributed by atoms with Crippen LogP contribution in [0.3, 0.4) is 0 Å². The van der Waals surface area contributed by atoms with E-state index in [4.69, 9.17) is 26.1 Å². The van der Waals surface area contributed by atoms with Gasteiger partial charge in [0.15, 0.2) is 5.60 Å². The molecule has 102 heavy (non-hydrogen) atoms. The highest BCUT2D eigenvalue weighted by atomic mass is 35.5. The molecule has 33 heteroatoms. The quantitative estimate of drug-likeness (QED) is 0.0187. The Labute approximate surface area is 593 Å². The maximum absolute atomic E-state index is 14.5. The number of esters is 1. The number of carboxylic acid groups (broad SMARTS) is 3. The summed E-state index contributed by atoms with van der Waals surface area (Å²) < 4.78 is 36.2. The molecule has 0 spiro atoms. The zero-order valence-electron chi connectivity index (χ0n) is 57.7. The van der Waals surface area contributed by atoms with Crippen LogP contribution in [-0.4, -0.2) is 230 Å². The fourth-order valence-corrected chi connectivity index (χ4v) is 13.6. The van der Waals surface area contributed by atoms with Gasteiger partial charge < -0.3 is 60.6 Å². The summed E-state index contributed by atoms with van der Waals surface area (Å²) in [6.45, 7) is 7.58. The van der Waals surface area contributed by atoms with Crippen molar-refractivity contribution in [2.75, 3.05) is 97.2 Å². The highest BCUT2D eigenvalue weighted by molar-refractivity contribution is 7.90. The molecule has 9 rings (SSSR count). The molecule has 3 aliphatic heterocycles. The summed E-state index contributed by atoms with van der Waals surface area (Å²) in [7, 11) is -2.05. The zero-order chi connectivity index (χ0) is 74.1. The first kappa shape index (κ1) is 76.7. The Morgan fingerprint density at radius 1 is 0.824 bits per heavy atom. The number of carbonyl (C=O) groups is 9. The maximum atomic E-state index is 14.5. The molecule has 5 amide bonds. The average molecular weight is 1450 g/mol. The fraction of sp³-hybridized carbons (Fsp3) is 0.493. The van der Waals surface area contributed by atoms with Crippen LogP contribution in [-0.2, 0) is 96.0 Å². The number of cyclic esters (lactones) is 1. The van der Waals surface area contributed by atoms with Gasteiger partial charge in [-0.15, -0.1) is 0 Å². The normalized spacial score (nSPS) is 17.9. The largest absolute Gasteiger partial charge is 0.480 e. The molecule has 0 radical (unpaired) electrons. The lowest BCUT2D eigenvalue weighted by atomic mass is 9.82. The van der Waals surface area contributed by atoms with Gasteiger partial charge >= 0.3 is 30.0 Å². The number of fused-ring (bicyclic) bond motifs is 5. The summed E-state index contributed by atoms with van der Waals surface area (Å²) in [4.78, 5) is 154. The van der Waals surface area contributed by atoms with Crippen LogP contribution in [0.15, 0.2) is 52.7 Å². The molecule has 4 aliphatic rings. The Bertz CT molecular complexity index is 4340. The third-order valence-corrected chi connectivity index (χ3v) is 19.9. The van der Waals surface area contributed by atoms with Crippen LogP contribution in [0.25, 0.3) is 22.3 Å². The summed E-state index contributed by atoms with van der Waals surface area (Å²) in [5.41, 5.74) is 3.40. The number of ether oxygens (including phenoxy) is 2. The molecule has 3 aromatic heterocycles. The zero-order valence-corrected chi connectivity index (χ0v) is 59.3. The Kier molecular flexibility index (Phi) is 24.9. The predicted octanol–water partition coefficient (Wildman–Crippen LogP) is 2.39. The number of aliphatic carboxylic acids is 3. The summed E-state index contributed by atoms with van der Waals surface area (Å²) >= 11 is 6.83. The molecule has 1 fully saturated rings. The topological polar surface area (TPSA) is 412 Å². The average Bonchev–Trinajstić information content (AvgIpc) is 1.47. The highest BCUT2D eigenvalue weighted by Crippen LogP contribution is 2.47. The molecule has 6 heterocycles. The number of aliphatic hydroxyl groups is 1. The van der Waals surface area contributed by atoms with Crippen LogP contribution in [0.4, 0.5) is 10.5 Å². The van der Waals surface area contributed by atoms with Crippen molar-refractivity contribution in [3.05, 3.63) is 108 Å². The lowest BCUT2D eigenvalue weighted by molar-refractivity contribution is -0.172. The molecule has 1 aliphatic carbocycles. The number of carboxylic acids is 3. The lowest BCUT2D eigenvalue weighted by Gasteiger charge is -2.33. The van der Waals surface area contributed by atoms with E-state index in [1.54, 1.807) is 70.7 Å². The molecule has 31 nitrogen and oxygen atoms in total. The number of nitrogens with one attached hydrogen (secondary N) is 4. The molecule has 0 bridgehead atoms. The van der Waals surface area contributed by atoms with Crippen molar-refractivity contribution in [3.8, 4) is 23.2 Å². The summed E-state index contributed by atoms with van der Waals surface area (Å²) in [5, 5.41) is 53.0. The van der Waals surface area contributed by atoms with Gasteiger partial charge in [-0.05, 0) is 97.5 Å². The Hall–Kier alpha value is -9.49. The van der Waals surface area contributed by atoms with E-state index < -0.39 is 98.6 Å². The lowest BCUT2D eigenvalue weighted by Crippen LogP contribution is -2.53. The third-order valence-electron chi connectivity index (χ3n) is 18.6. The Morgan fingerprint density at radius 3 is 2.01 bits per heavy atom. The minimum absolute atomic E-state index is 0.00930. The smallest absolute Gasteiger partial charge is 0.407 e. The molecule has 546 valence electrons. The number of carbonyl (C=O) groups excluding carboxylic acids is 6. The first-order valence-corrected chi connectivity index (χ1v) is 35.7. The SMILES string of the molecule is CC[C@@]1(O)C(=O)OCc2c1cc1n(c2=O)Cc2c-1nc1cc(Cl)c(C)c3c1c2[C@@H](NC(=O)OCc1ccc(NC(=O)[C@H](C)NC(=O)[C@@H](NC(=O)CCCC#Cc2cnc(S(C)(=O)=O)nc2)C(C)C)cc1CN(C)C(=O)CN1CCN(CC(=O)O)CCN(CC(=O)O)CCN(CC(=O)O)CC1)CC3. The predicted molar refractivity (Wildman–Crippen MR) is 369 cm³/mol. The maximum Gasteiger partial charge on any atom is 0.407 e. The highest BCUT2D eigenvalue weighted by Gasteiger charge is 2.46. The van der Waals surface area contributed by atoms with Crippen LogP contribution in [0.2, 0.25) is 5.02 Å². The molecule has 5 aromatic rings. The third kappa shape index (κ3) is 18.6. The van der Waals surface area contributed by atoms with Crippen molar-refractivity contribution in [2.24, 2.45) is 5.92 Å². The van der Waals surface area contributed by atoms with E-state index in [0.717, 1.165) is 22.8 Å². The van der Waals surface area contributed by atoms with Gasteiger partial charge in [-0.25, -0.2) is 33.0 Å². The number of nitrogens with zero attached hydrogens (tertiary/aromatic N) is 9. The van der Waals surface area contributed by atoms with Crippen molar-refractivity contribution in [2.45, 2.75) is 128 Å². The monoisotopic (exact) mass is 1450 g/mol. The number of aromatic nitrogens is 4. The number of likely N-dealkylation sites (N-methyl/N-ethyl adjacent to an activating group) is 1. The van der Waals surface area contributed by atoms with Crippen LogP contribution < -0.4 is 26.8 Å². The minimum Gasteiger partial charge on any atom is -0.480 e. The van der Waals surface area contributed by atoms with E-state index >= 15 is 0 Å². The second-order valence-electron chi connectivity index (χ2n) is 26.3. The number of pyridine rings is 2. The minimum atomic E-state index is -3.59. The van der Waals surface area contributed by atoms with Crippen molar-refractivity contribution in [1.82, 2.24) is 60.0 Å². The fourth-order valence-electron chi connectivity index (χ4n) is 12.9. The van der Waals surface area contributed by atoms with Gasteiger partial charge in [-0.3, -0.25) is 58.0 Å². The number of benzene rings is 2. The summed E-state index contributed by atoms with van der Waals surface area (Å²) in [6.07, 6.45) is 4.10. The molecule has 1 saturated heterocycles. The molecular formula is C69H84ClN13O18S. The van der Waals surface area contributed by atoms with Crippen molar-refractivity contribution in [1.29, 1.82) is 0 Å². The molecule has 4 atom stereocenters. The number of rotatable bonds is 24. The van der Waals surface area contributed by atoms with Gasteiger partial charge in [0.1, 0.15) is 25.3 Å². The van der Waals surface area contributed by atoms with E-state index in [0.29, 0.717) is 69.0 Å². The van der Waals surface area contributed by atoms with Crippen molar-refractivity contribution in [3.63, 3.8) is 0 Å². The second kappa shape index (κ2) is 33.1. The van der Waals surface area contributed by atoms with E-state index in [-0.39, 0.29) is 146 Å². The number of hydrogen-bond acceptors (Lipinski definition) is 22. The van der Waals surface area contributed by atoms with E-state index in [9.17, 15) is 76.8 Å². The summed E-state index contributed by atoms with van der Waals surface area (Å²) in [6, 6.07) is 5.13. The number of unbranched alkanes of at least 4 members (excludes halogenated alkanes) is 1. The van der Waals surface area contributed by atoms with Gasteiger partial charge in [0.05, 0.1) is 66.8 Å². The van der Waals surface area contributed by atoms with Gasteiger partial charge in [0, 0.05) is 125 Å². The van der Waals surface area contributed by atoms with E-state index in [2.05, 4.69) is 43.1 Å². The van der Waals surface area contributed by atoms with Crippen LogP contribution in [0.1, 0.15) is 116 Å². The van der Waals surface area contributed by atoms with Crippen molar-refractivity contribution >= 4 is 91.6 Å². The van der Waals surface area contributed by atoms with Crippen LogP contribution >= 0.6 is 11.6 Å². The number of hydrogen-bond donors (Lipinski definition) is 8. The van der Waals surface area contributed by atoms with Gasteiger partial charge in [-0.2, -0.15) is 0 Å². The van der Waals surface area contributed by atoms with Crippen LogP contribution in [0, 0.1) is 24.7 Å². The van der Waals surface area contributed by atoms with Gasteiger partial charge in [-0.1, -0.05) is 50.3 Å². The standard InChI is InChI=1S/C69H84ClN13O18S/c1-8-69(97)49-27-53-62-47(32-83(53)65(94)48(49)38-100-66(69)95)60-51(17-16-46-40(4)50(70)28-52(75-62)59(46)60)76-68(96)101-37-43-14-15-45(74-63(92)41(5)73-64(93)61(39(2)3)77-54(84)13-11-9-10-12-42-29-71-67(72-30-42)102(7,98)99)26-44(43)31-78(6)55(85)33-79-18-20-80(34-56(86)87)22-24-82(36-58(90)91)25-23-81(21-19-79)35-57(88)89/h14-15,26-30,39,41,51,61,97H,8-9,11,13,16-25,31-38H2,1-7H3,(H,73,93)(H,74,92)(H,76,96)(H,77,84)(H,86,87)(H,88,89)(H,90,91)/t41-,51-,61-,69-/m0/s1. The molecule has 0 unspecified atom stereocenters. The number of aryl methyl sites for hydroxylation is 1. The van der Waals surface area contributed by atoms with Gasteiger partial charge in [0.25, 0.3) is 5.56 Å². The molecular weight excluding hydrogens is 1370 g/mol. The van der Waals surface area contributed by atoms with Crippen LogP contribution in [0.5, 0.6) is 0 Å². The number of amides is 5. The van der Waals surface area contributed by atoms with Crippen molar-refractivity contribution < 1.29 is 81.5 Å². The number of halogens is 1. The Balaban J connectivity index is 0.934. The van der Waals surface area contributed by atoms with Gasteiger partial charge in [0.2, 0.25) is 38.6 Å². The van der Waals surface area contributed by atoms with E-state index in [1.165, 1.54) is 35.8 Å². The molecule has 8 N–H and O–H groups in total. The number of sulfone groups is 1. The molecule has 2 aromatic carbocycles. The first-order valence-electron chi connectivity index (χ1n) is 33.4. The second-order valence-corrected chi connectivity index (χ2v) is 28.6.